The second kappa shape index (κ2) is 8.94. The Balaban J connectivity index is 1.97. The van der Waals surface area contributed by atoms with Crippen molar-refractivity contribution in [2.75, 3.05) is 0 Å². The van der Waals surface area contributed by atoms with E-state index in [-0.39, 0.29) is 12.1 Å². The molecule has 0 unspecified atom stereocenters. The first-order chi connectivity index (χ1) is 9.08. The molecule has 1 fully saturated rings. The third kappa shape index (κ3) is 7.85. The van der Waals surface area contributed by atoms with Crippen LogP contribution >= 0.6 is 0 Å². The van der Waals surface area contributed by atoms with Crippen molar-refractivity contribution in [3.8, 4) is 0 Å². The van der Waals surface area contributed by atoms with Crippen LogP contribution in [0.15, 0.2) is 0 Å². The molecule has 0 heterocycles. The van der Waals surface area contributed by atoms with Crippen LogP contribution in [-0.2, 0) is 14.3 Å². The first kappa shape index (κ1) is 16.0. The molecule has 0 aromatic rings. The maximum Gasteiger partial charge on any atom is 0.303 e. The maximum atomic E-state index is 10.8. The molecule has 0 spiro atoms. The van der Waals surface area contributed by atoms with E-state index in [1.54, 1.807) is 0 Å². The van der Waals surface area contributed by atoms with Crippen LogP contribution in [0.25, 0.3) is 0 Å². The Hall–Kier alpha value is -1.06. The molecule has 0 aliphatic heterocycles. The quantitative estimate of drug-likeness (QED) is 0.541. The van der Waals surface area contributed by atoms with Crippen molar-refractivity contribution in [1.29, 1.82) is 0 Å². The summed E-state index contributed by atoms with van der Waals surface area (Å²) < 4.78 is 5.22. The zero-order chi connectivity index (χ0) is 14.1. The summed E-state index contributed by atoms with van der Waals surface area (Å²) in [5.74, 6) is -0.0862. The minimum atomic E-state index is -0.691. The summed E-state index contributed by atoms with van der Waals surface area (Å²) >= 11 is 0. The molecule has 0 aromatic carbocycles. The van der Waals surface area contributed by atoms with Crippen molar-refractivity contribution >= 4 is 11.9 Å². The molecule has 0 bridgehead atoms. The summed E-state index contributed by atoms with van der Waals surface area (Å²) in [6, 6.07) is 0. The minimum Gasteiger partial charge on any atom is -0.481 e. The molecule has 0 radical (unpaired) electrons. The predicted octanol–water partition coefficient (Wildman–Crippen LogP) is 3.53. The third-order valence-electron chi connectivity index (χ3n) is 3.88. The number of unbranched alkanes of at least 4 members (excludes halogenated alkanes) is 3. The Morgan fingerprint density at radius 3 is 2.26 bits per heavy atom. The molecule has 1 saturated carbocycles. The molecular weight excluding hydrogens is 244 g/mol. The largest absolute Gasteiger partial charge is 0.481 e. The minimum absolute atomic E-state index is 0.143. The van der Waals surface area contributed by atoms with Gasteiger partial charge < -0.3 is 9.84 Å². The number of aliphatic carboxylic acids is 1. The van der Waals surface area contributed by atoms with Gasteiger partial charge in [-0.3, -0.25) is 9.59 Å². The molecule has 1 rings (SSSR count). The van der Waals surface area contributed by atoms with Gasteiger partial charge in [-0.15, -0.1) is 0 Å². The zero-order valence-electron chi connectivity index (χ0n) is 11.9. The molecule has 4 heteroatoms. The van der Waals surface area contributed by atoms with E-state index in [2.05, 4.69) is 0 Å². The summed E-state index contributed by atoms with van der Waals surface area (Å²) in [4.78, 5) is 21.2. The molecule has 0 saturated heterocycles. The van der Waals surface area contributed by atoms with E-state index in [0.717, 1.165) is 50.9 Å². The van der Waals surface area contributed by atoms with Gasteiger partial charge in [-0.25, -0.2) is 0 Å². The van der Waals surface area contributed by atoms with Crippen LogP contribution in [0.4, 0.5) is 0 Å². The van der Waals surface area contributed by atoms with Gasteiger partial charge in [-0.1, -0.05) is 25.7 Å². The smallest absolute Gasteiger partial charge is 0.303 e. The van der Waals surface area contributed by atoms with E-state index in [9.17, 15) is 9.59 Å². The van der Waals surface area contributed by atoms with Crippen molar-refractivity contribution in [2.45, 2.75) is 77.2 Å². The van der Waals surface area contributed by atoms with Gasteiger partial charge in [0.05, 0.1) is 0 Å². The molecule has 1 aliphatic rings. The number of carboxylic acid groups (broad SMARTS) is 1. The normalized spacial score (nSPS) is 23.0. The summed E-state index contributed by atoms with van der Waals surface area (Å²) in [6.45, 7) is 1.48. The maximum absolute atomic E-state index is 10.8. The standard InChI is InChI=1S/C15H26O4/c1-12(16)19-14-10-8-13(9-11-14)6-4-2-3-5-7-15(17)18/h13-14H,2-11H2,1H3,(H,17,18). The highest BCUT2D eigenvalue weighted by molar-refractivity contribution is 5.66. The highest BCUT2D eigenvalue weighted by atomic mass is 16.5. The van der Waals surface area contributed by atoms with Gasteiger partial charge in [0.25, 0.3) is 0 Å². The molecule has 1 N–H and O–H groups in total. The lowest BCUT2D eigenvalue weighted by atomic mass is 9.84. The second-order valence-electron chi connectivity index (χ2n) is 5.60. The van der Waals surface area contributed by atoms with Crippen molar-refractivity contribution in [3.63, 3.8) is 0 Å². The molecule has 110 valence electrons. The van der Waals surface area contributed by atoms with Crippen molar-refractivity contribution in [1.82, 2.24) is 0 Å². The van der Waals surface area contributed by atoms with Gasteiger partial charge >= 0.3 is 11.9 Å². The van der Waals surface area contributed by atoms with Gasteiger partial charge in [-0.05, 0) is 38.0 Å². The average Bonchev–Trinajstić information content (AvgIpc) is 2.34. The first-order valence-corrected chi connectivity index (χ1v) is 7.47. The Morgan fingerprint density at radius 2 is 1.68 bits per heavy atom. The number of hydrogen-bond donors (Lipinski definition) is 1. The van der Waals surface area contributed by atoms with Crippen LogP contribution in [0.5, 0.6) is 0 Å². The monoisotopic (exact) mass is 270 g/mol. The van der Waals surface area contributed by atoms with Crippen LogP contribution in [-0.4, -0.2) is 23.1 Å². The molecule has 0 atom stereocenters. The topological polar surface area (TPSA) is 63.6 Å². The fourth-order valence-corrected chi connectivity index (χ4v) is 2.84. The van der Waals surface area contributed by atoms with Crippen LogP contribution in [0.3, 0.4) is 0 Å². The third-order valence-corrected chi connectivity index (χ3v) is 3.88. The van der Waals surface area contributed by atoms with Gasteiger partial charge in [-0.2, -0.15) is 0 Å². The summed E-state index contributed by atoms with van der Waals surface area (Å²) in [5, 5.41) is 8.53. The first-order valence-electron chi connectivity index (χ1n) is 7.47. The van der Waals surface area contributed by atoms with Gasteiger partial charge in [0.15, 0.2) is 0 Å². The predicted molar refractivity (Wildman–Crippen MR) is 72.8 cm³/mol. The Bertz CT molecular complexity index is 280. The highest BCUT2D eigenvalue weighted by Crippen LogP contribution is 2.30. The number of esters is 1. The van der Waals surface area contributed by atoms with Gasteiger partial charge in [0, 0.05) is 13.3 Å². The number of ether oxygens (including phenoxy) is 1. The number of carboxylic acids is 1. The van der Waals surface area contributed by atoms with E-state index in [1.165, 1.54) is 19.8 Å². The van der Waals surface area contributed by atoms with E-state index in [0.29, 0.717) is 6.42 Å². The zero-order valence-corrected chi connectivity index (χ0v) is 11.9. The Kier molecular flexibility index (Phi) is 7.53. The number of carbonyl (C=O) groups is 2. The van der Waals surface area contributed by atoms with Crippen molar-refractivity contribution < 1.29 is 19.4 Å². The number of rotatable bonds is 8. The van der Waals surface area contributed by atoms with Crippen LogP contribution in [0.1, 0.15) is 71.1 Å². The van der Waals surface area contributed by atoms with E-state index >= 15 is 0 Å². The average molecular weight is 270 g/mol. The van der Waals surface area contributed by atoms with E-state index < -0.39 is 5.97 Å². The lowest BCUT2D eigenvalue weighted by Crippen LogP contribution is -2.23. The van der Waals surface area contributed by atoms with E-state index in [4.69, 9.17) is 9.84 Å². The molecule has 4 nitrogen and oxygen atoms in total. The molecule has 19 heavy (non-hydrogen) atoms. The van der Waals surface area contributed by atoms with Crippen LogP contribution in [0, 0.1) is 5.92 Å². The molecule has 0 amide bonds. The highest BCUT2D eigenvalue weighted by Gasteiger charge is 2.22. The van der Waals surface area contributed by atoms with Gasteiger partial charge in [0.2, 0.25) is 0 Å². The SMILES string of the molecule is CC(=O)OC1CCC(CCCCCCC(=O)O)CC1. The second-order valence-corrected chi connectivity index (χ2v) is 5.60. The fourth-order valence-electron chi connectivity index (χ4n) is 2.84. The number of hydrogen-bond acceptors (Lipinski definition) is 3. The fraction of sp³-hybridized carbons (Fsp3) is 0.867. The lowest BCUT2D eigenvalue weighted by molar-refractivity contribution is -0.148. The van der Waals surface area contributed by atoms with E-state index in [1.807, 2.05) is 0 Å². The molecule has 0 aromatic heterocycles. The molecular formula is C15H26O4. The number of carbonyl (C=O) groups excluding carboxylic acids is 1. The lowest BCUT2D eigenvalue weighted by Gasteiger charge is -2.28. The Morgan fingerprint density at radius 1 is 1.05 bits per heavy atom. The Labute approximate surface area is 115 Å². The van der Waals surface area contributed by atoms with Crippen molar-refractivity contribution in [2.24, 2.45) is 5.92 Å². The van der Waals surface area contributed by atoms with Crippen LogP contribution < -0.4 is 0 Å². The summed E-state index contributed by atoms with van der Waals surface area (Å²) in [7, 11) is 0. The van der Waals surface area contributed by atoms with Gasteiger partial charge in [0.1, 0.15) is 6.10 Å². The summed E-state index contributed by atoms with van der Waals surface area (Å²) in [6.07, 6.45) is 10.2. The van der Waals surface area contributed by atoms with Crippen molar-refractivity contribution in [3.05, 3.63) is 0 Å². The summed E-state index contributed by atoms with van der Waals surface area (Å²) in [5.41, 5.74) is 0. The molecule has 1 aliphatic carbocycles. The van der Waals surface area contributed by atoms with Crippen LogP contribution in [0.2, 0.25) is 0 Å².